The predicted octanol–water partition coefficient (Wildman–Crippen LogP) is 2.02. The van der Waals surface area contributed by atoms with E-state index in [9.17, 15) is 4.79 Å². The van der Waals surface area contributed by atoms with Gasteiger partial charge in [0.15, 0.2) is 0 Å². The summed E-state index contributed by atoms with van der Waals surface area (Å²) in [6.45, 7) is 3.11. The van der Waals surface area contributed by atoms with E-state index in [1.54, 1.807) is 6.33 Å². The molecule has 1 fully saturated rings. The van der Waals surface area contributed by atoms with Gasteiger partial charge in [0.25, 0.3) is 5.91 Å². The van der Waals surface area contributed by atoms with E-state index in [4.69, 9.17) is 0 Å². The van der Waals surface area contributed by atoms with Crippen LogP contribution in [0.15, 0.2) is 24.5 Å². The molecule has 1 amide bonds. The van der Waals surface area contributed by atoms with Crippen LogP contribution in [0.4, 0.5) is 0 Å². The summed E-state index contributed by atoms with van der Waals surface area (Å²) in [5.41, 5.74) is 2.48. The SMILES string of the molecule is CN1CCC(CCNC(=O)c2ccc3nc[nH]c3c2)CC1. The van der Waals surface area contributed by atoms with Crippen LogP contribution in [0.2, 0.25) is 0 Å². The Balaban J connectivity index is 1.49. The van der Waals surface area contributed by atoms with Crippen LogP contribution in [0, 0.1) is 5.92 Å². The summed E-state index contributed by atoms with van der Waals surface area (Å²) >= 11 is 0. The molecule has 2 heterocycles. The van der Waals surface area contributed by atoms with E-state index in [-0.39, 0.29) is 5.91 Å². The van der Waals surface area contributed by atoms with Crippen LogP contribution >= 0.6 is 0 Å². The predicted molar refractivity (Wildman–Crippen MR) is 83.3 cm³/mol. The number of carbonyl (C=O) groups is 1. The molecule has 5 nitrogen and oxygen atoms in total. The number of imidazole rings is 1. The number of hydrogen-bond acceptors (Lipinski definition) is 3. The highest BCUT2D eigenvalue weighted by Crippen LogP contribution is 2.18. The third-order valence-electron chi connectivity index (χ3n) is 4.36. The van der Waals surface area contributed by atoms with Gasteiger partial charge in [-0.05, 0) is 63.5 Å². The van der Waals surface area contributed by atoms with Crippen molar-refractivity contribution >= 4 is 16.9 Å². The normalized spacial score (nSPS) is 17.2. The number of rotatable bonds is 4. The van der Waals surface area contributed by atoms with Gasteiger partial charge in [-0.3, -0.25) is 4.79 Å². The molecule has 0 unspecified atom stereocenters. The van der Waals surface area contributed by atoms with Crippen molar-refractivity contribution < 1.29 is 4.79 Å². The molecule has 112 valence electrons. The fourth-order valence-electron chi connectivity index (χ4n) is 2.92. The Bertz CT molecular complexity index is 614. The minimum absolute atomic E-state index is 0.000530. The van der Waals surface area contributed by atoms with Crippen molar-refractivity contribution in [3.63, 3.8) is 0 Å². The number of aromatic amines is 1. The minimum atomic E-state index is -0.000530. The molecule has 2 aromatic rings. The van der Waals surface area contributed by atoms with Gasteiger partial charge in [-0.15, -0.1) is 0 Å². The lowest BCUT2D eigenvalue weighted by Crippen LogP contribution is -2.32. The Morgan fingerprint density at radius 3 is 3.05 bits per heavy atom. The van der Waals surface area contributed by atoms with Gasteiger partial charge in [0, 0.05) is 12.1 Å². The number of H-pyrrole nitrogens is 1. The number of nitrogens with one attached hydrogen (secondary N) is 2. The molecule has 0 saturated carbocycles. The van der Waals surface area contributed by atoms with Gasteiger partial charge in [-0.25, -0.2) is 4.98 Å². The molecule has 0 bridgehead atoms. The van der Waals surface area contributed by atoms with Crippen LogP contribution in [0.3, 0.4) is 0 Å². The van der Waals surface area contributed by atoms with E-state index in [1.165, 1.54) is 25.9 Å². The number of piperidine rings is 1. The van der Waals surface area contributed by atoms with Gasteiger partial charge in [0.2, 0.25) is 0 Å². The second-order valence-electron chi connectivity index (χ2n) is 5.93. The average molecular weight is 286 g/mol. The highest BCUT2D eigenvalue weighted by atomic mass is 16.1. The molecule has 3 rings (SSSR count). The fraction of sp³-hybridized carbons (Fsp3) is 0.500. The number of aromatic nitrogens is 2. The second-order valence-corrected chi connectivity index (χ2v) is 5.93. The Labute approximate surface area is 124 Å². The molecule has 5 heteroatoms. The number of carbonyl (C=O) groups excluding carboxylic acids is 1. The molecular weight excluding hydrogens is 264 g/mol. The number of fused-ring (bicyclic) bond motifs is 1. The highest BCUT2D eigenvalue weighted by Gasteiger charge is 2.16. The molecule has 2 N–H and O–H groups in total. The molecule has 1 aromatic heterocycles. The smallest absolute Gasteiger partial charge is 0.251 e. The lowest BCUT2D eigenvalue weighted by molar-refractivity contribution is 0.0949. The van der Waals surface area contributed by atoms with Gasteiger partial charge < -0.3 is 15.2 Å². The van der Waals surface area contributed by atoms with Crippen LogP contribution in [0.25, 0.3) is 11.0 Å². The lowest BCUT2D eigenvalue weighted by Gasteiger charge is -2.28. The van der Waals surface area contributed by atoms with Crippen molar-refractivity contribution in [3.8, 4) is 0 Å². The molecule has 0 aliphatic carbocycles. The maximum absolute atomic E-state index is 12.2. The molecule has 1 saturated heterocycles. The van der Waals surface area contributed by atoms with Crippen molar-refractivity contribution in [2.75, 3.05) is 26.7 Å². The Morgan fingerprint density at radius 1 is 1.43 bits per heavy atom. The summed E-state index contributed by atoms with van der Waals surface area (Å²) in [6.07, 6.45) is 5.21. The maximum Gasteiger partial charge on any atom is 0.251 e. The zero-order valence-corrected chi connectivity index (χ0v) is 12.4. The number of amides is 1. The van der Waals surface area contributed by atoms with Crippen LogP contribution in [0.1, 0.15) is 29.6 Å². The lowest BCUT2D eigenvalue weighted by atomic mass is 9.94. The van der Waals surface area contributed by atoms with Crippen molar-refractivity contribution in [1.82, 2.24) is 20.2 Å². The van der Waals surface area contributed by atoms with E-state index >= 15 is 0 Å². The molecule has 21 heavy (non-hydrogen) atoms. The van der Waals surface area contributed by atoms with Crippen LogP contribution < -0.4 is 5.32 Å². The zero-order valence-electron chi connectivity index (χ0n) is 12.4. The van der Waals surface area contributed by atoms with Gasteiger partial charge >= 0.3 is 0 Å². The molecular formula is C16H22N4O. The summed E-state index contributed by atoms with van der Waals surface area (Å²) in [6, 6.07) is 5.55. The number of hydrogen-bond donors (Lipinski definition) is 2. The van der Waals surface area contributed by atoms with Gasteiger partial charge in [-0.1, -0.05) is 0 Å². The van der Waals surface area contributed by atoms with E-state index in [0.29, 0.717) is 5.56 Å². The van der Waals surface area contributed by atoms with Crippen LogP contribution in [0.5, 0.6) is 0 Å². The fourth-order valence-corrected chi connectivity index (χ4v) is 2.92. The Morgan fingerprint density at radius 2 is 2.24 bits per heavy atom. The summed E-state index contributed by atoms with van der Waals surface area (Å²) in [7, 11) is 2.17. The average Bonchev–Trinajstić information content (AvgIpc) is 2.96. The first-order chi connectivity index (χ1) is 10.2. The largest absolute Gasteiger partial charge is 0.352 e. The molecule has 0 atom stereocenters. The minimum Gasteiger partial charge on any atom is -0.352 e. The summed E-state index contributed by atoms with van der Waals surface area (Å²) in [5.74, 6) is 0.746. The maximum atomic E-state index is 12.2. The first-order valence-corrected chi connectivity index (χ1v) is 7.62. The molecule has 0 spiro atoms. The van der Waals surface area contributed by atoms with Gasteiger partial charge in [0.05, 0.1) is 17.4 Å². The van der Waals surface area contributed by atoms with E-state index in [2.05, 4.69) is 27.2 Å². The monoisotopic (exact) mass is 286 g/mol. The zero-order chi connectivity index (χ0) is 14.7. The number of likely N-dealkylation sites (tertiary alicyclic amines) is 1. The molecule has 1 aliphatic heterocycles. The van der Waals surface area contributed by atoms with E-state index in [0.717, 1.165) is 29.9 Å². The standard InChI is InChI=1S/C16H22N4O/c1-20-8-5-12(6-9-20)4-7-17-16(21)13-2-3-14-15(10-13)19-11-18-14/h2-3,10-12H,4-9H2,1H3,(H,17,21)(H,18,19). The number of benzene rings is 1. The first kappa shape index (κ1) is 14.1. The molecule has 0 radical (unpaired) electrons. The first-order valence-electron chi connectivity index (χ1n) is 7.62. The molecule has 1 aliphatic rings. The van der Waals surface area contributed by atoms with E-state index in [1.807, 2.05) is 18.2 Å². The van der Waals surface area contributed by atoms with Crippen molar-refractivity contribution in [2.24, 2.45) is 5.92 Å². The summed E-state index contributed by atoms with van der Waals surface area (Å²) in [4.78, 5) is 21.7. The number of nitrogens with zero attached hydrogens (tertiary/aromatic N) is 2. The highest BCUT2D eigenvalue weighted by molar-refractivity contribution is 5.97. The second kappa shape index (κ2) is 6.26. The summed E-state index contributed by atoms with van der Waals surface area (Å²) < 4.78 is 0. The van der Waals surface area contributed by atoms with Gasteiger partial charge in [0.1, 0.15) is 0 Å². The molecule has 1 aromatic carbocycles. The van der Waals surface area contributed by atoms with E-state index < -0.39 is 0 Å². The Hall–Kier alpha value is -1.88. The summed E-state index contributed by atoms with van der Waals surface area (Å²) in [5, 5.41) is 3.03. The third-order valence-corrected chi connectivity index (χ3v) is 4.36. The van der Waals surface area contributed by atoms with Crippen LogP contribution in [-0.4, -0.2) is 47.5 Å². The quantitative estimate of drug-likeness (QED) is 0.904. The van der Waals surface area contributed by atoms with Crippen LogP contribution in [-0.2, 0) is 0 Å². The Kier molecular flexibility index (Phi) is 4.20. The third kappa shape index (κ3) is 3.42. The van der Waals surface area contributed by atoms with Crippen molar-refractivity contribution in [2.45, 2.75) is 19.3 Å². The van der Waals surface area contributed by atoms with Crippen molar-refractivity contribution in [3.05, 3.63) is 30.1 Å². The van der Waals surface area contributed by atoms with Gasteiger partial charge in [-0.2, -0.15) is 0 Å². The van der Waals surface area contributed by atoms with Crippen molar-refractivity contribution in [1.29, 1.82) is 0 Å². The topological polar surface area (TPSA) is 61.0 Å².